The Labute approximate surface area is 179 Å². The highest BCUT2D eigenvalue weighted by atomic mass is 28.4. The highest BCUT2D eigenvalue weighted by Gasteiger charge is 2.51. The van der Waals surface area contributed by atoms with E-state index in [0.29, 0.717) is 0 Å². The monoisotopic (exact) mass is 426 g/mol. The third kappa shape index (κ3) is 4.49. The predicted molar refractivity (Wildman–Crippen MR) is 118 cm³/mol. The zero-order valence-electron chi connectivity index (χ0n) is 18.1. The van der Waals surface area contributed by atoms with Crippen molar-refractivity contribution in [1.82, 2.24) is 0 Å². The van der Waals surface area contributed by atoms with Crippen molar-refractivity contribution in [2.24, 2.45) is 5.92 Å². The molecule has 1 saturated heterocycles. The Bertz CT molecular complexity index is 821. The minimum atomic E-state index is -2.72. The van der Waals surface area contributed by atoms with Crippen LogP contribution in [0.5, 0.6) is 0 Å². The SMILES string of the molecule is COC(=O)C[C@H]1CC(=O)O[C@H]1CO[Si](c1ccccc1)(c1ccccc1)C(C)(C)C. The number of carbonyl (C=O) groups is 2. The normalized spacial score (nSPS) is 19.4. The molecule has 5 nitrogen and oxygen atoms in total. The molecular formula is C24H30O5Si. The van der Waals surface area contributed by atoms with Gasteiger partial charge in [-0.1, -0.05) is 81.4 Å². The molecule has 0 aromatic heterocycles. The van der Waals surface area contributed by atoms with E-state index in [1.807, 2.05) is 36.4 Å². The molecule has 0 radical (unpaired) electrons. The number of hydrogen-bond donors (Lipinski definition) is 0. The van der Waals surface area contributed by atoms with Gasteiger partial charge < -0.3 is 13.9 Å². The quantitative estimate of drug-likeness (QED) is 0.503. The summed E-state index contributed by atoms with van der Waals surface area (Å²) in [5, 5.41) is 2.16. The van der Waals surface area contributed by atoms with Gasteiger partial charge in [0.2, 0.25) is 0 Å². The van der Waals surface area contributed by atoms with Gasteiger partial charge in [0.25, 0.3) is 8.32 Å². The number of ether oxygens (including phenoxy) is 2. The molecule has 3 rings (SSSR count). The molecule has 0 spiro atoms. The van der Waals surface area contributed by atoms with Crippen molar-refractivity contribution in [3.8, 4) is 0 Å². The van der Waals surface area contributed by atoms with Crippen molar-refractivity contribution in [2.75, 3.05) is 13.7 Å². The van der Waals surface area contributed by atoms with Crippen LogP contribution in [0.15, 0.2) is 60.7 Å². The van der Waals surface area contributed by atoms with Gasteiger partial charge in [0, 0.05) is 5.92 Å². The van der Waals surface area contributed by atoms with Crippen molar-refractivity contribution in [1.29, 1.82) is 0 Å². The van der Waals surface area contributed by atoms with Crippen LogP contribution in [0.1, 0.15) is 33.6 Å². The lowest BCUT2D eigenvalue weighted by molar-refractivity contribution is -0.145. The van der Waals surface area contributed by atoms with Crippen LogP contribution in [0, 0.1) is 5.92 Å². The van der Waals surface area contributed by atoms with Gasteiger partial charge in [0.15, 0.2) is 0 Å². The molecule has 1 aliphatic rings. The van der Waals surface area contributed by atoms with Crippen molar-refractivity contribution >= 4 is 30.6 Å². The van der Waals surface area contributed by atoms with E-state index in [4.69, 9.17) is 13.9 Å². The van der Waals surface area contributed by atoms with Crippen LogP contribution in [0.25, 0.3) is 0 Å². The molecule has 2 aromatic rings. The number of cyclic esters (lactones) is 1. The second kappa shape index (κ2) is 9.14. The standard InChI is InChI=1S/C24H30O5Si/c1-24(2,3)30(19-11-7-5-8-12-19,20-13-9-6-10-14-20)28-17-21-18(15-22(25)27-4)16-23(26)29-21/h5-14,18,21H,15-17H2,1-4H3/t18-,21-/m0/s1. The molecule has 0 bridgehead atoms. The Morgan fingerprint density at radius 2 is 1.57 bits per heavy atom. The lowest BCUT2D eigenvalue weighted by Crippen LogP contribution is -2.67. The maximum Gasteiger partial charge on any atom is 0.306 e. The van der Waals surface area contributed by atoms with E-state index in [0.717, 1.165) is 10.4 Å². The lowest BCUT2D eigenvalue weighted by atomic mass is 9.98. The fraction of sp³-hybridized carbons (Fsp3) is 0.417. The number of hydrogen-bond acceptors (Lipinski definition) is 5. The molecule has 0 N–H and O–H groups in total. The molecule has 6 heteroatoms. The summed E-state index contributed by atoms with van der Waals surface area (Å²) in [7, 11) is -1.37. The number of carbonyl (C=O) groups excluding carboxylic acids is 2. The van der Waals surface area contributed by atoms with E-state index >= 15 is 0 Å². The number of methoxy groups -OCH3 is 1. The first-order valence-electron chi connectivity index (χ1n) is 10.3. The number of esters is 2. The molecule has 1 fully saturated rings. The van der Waals surface area contributed by atoms with Crippen molar-refractivity contribution in [3.05, 3.63) is 60.7 Å². The molecular weight excluding hydrogens is 396 g/mol. The largest absolute Gasteiger partial charge is 0.469 e. The van der Waals surface area contributed by atoms with Gasteiger partial charge in [-0.15, -0.1) is 0 Å². The van der Waals surface area contributed by atoms with Gasteiger partial charge in [-0.2, -0.15) is 0 Å². The highest BCUT2D eigenvalue weighted by Crippen LogP contribution is 2.37. The van der Waals surface area contributed by atoms with Gasteiger partial charge in [-0.05, 0) is 15.4 Å². The molecule has 2 atom stereocenters. The zero-order chi connectivity index (χ0) is 21.8. The molecule has 30 heavy (non-hydrogen) atoms. The van der Waals surface area contributed by atoms with Gasteiger partial charge in [-0.3, -0.25) is 9.59 Å². The van der Waals surface area contributed by atoms with Crippen LogP contribution in [-0.4, -0.2) is 40.1 Å². The van der Waals surface area contributed by atoms with E-state index in [1.54, 1.807) is 0 Å². The van der Waals surface area contributed by atoms with Gasteiger partial charge in [0.1, 0.15) is 6.10 Å². The van der Waals surface area contributed by atoms with Gasteiger partial charge in [-0.25, -0.2) is 0 Å². The van der Waals surface area contributed by atoms with Gasteiger partial charge >= 0.3 is 11.9 Å². The molecule has 160 valence electrons. The first-order chi connectivity index (χ1) is 14.3. The minimum Gasteiger partial charge on any atom is -0.469 e. The summed E-state index contributed by atoms with van der Waals surface area (Å²) in [6.07, 6.45) is -0.0980. The second-order valence-corrected chi connectivity index (χ2v) is 13.1. The summed E-state index contributed by atoms with van der Waals surface area (Å²) in [5.41, 5.74) is 0. The van der Waals surface area contributed by atoms with Gasteiger partial charge in [0.05, 0.1) is 26.6 Å². The lowest BCUT2D eigenvalue weighted by Gasteiger charge is -2.43. The Hall–Kier alpha value is -2.44. The van der Waals surface area contributed by atoms with Crippen LogP contribution in [0.4, 0.5) is 0 Å². The third-order valence-corrected chi connectivity index (χ3v) is 10.8. The average Bonchev–Trinajstić information content (AvgIpc) is 3.08. The summed E-state index contributed by atoms with van der Waals surface area (Å²) >= 11 is 0. The second-order valence-electron chi connectivity index (χ2n) is 8.75. The van der Waals surface area contributed by atoms with Crippen LogP contribution < -0.4 is 10.4 Å². The minimum absolute atomic E-state index is 0.150. The smallest absolute Gasteiger partial charge is 0.306 e. The Morgan fingerprint density at radius 3 is 2.03 bits per heavy atom. The molecule has 0 saturated carbocycles. The van der Waals surface area contributed by atoms with E-state index in [2.05, 4.69) is 45.0 Å². The molecule has 0 aliphatic carbocycles. The molecule has 0 unspecified atom stereocenters. The number of benzene rings is 2. The number of rotatable bonds is 7. The summed E-state index contributed by atoms with van der Waals surface area (Å²) < 4.78 is 17.2. The third-order valence-electron chi connectivity index (χ3n) is 5.77. The first kappa shape index (κ1) is 22.2. The highest BCUT2D eigenvalue weighted by molar-refractivity contribution is 6.99. The van der Waals surface area contributed by atoms with Crippen LogP contribution in [0.2, 0.25) is 5.04 Å². The molecule has 1 heterocycles. The van der Waals surface area contributed by atoms with Crippen molar-refractivity contribution in [3.63, 3.8) is 0 Å². The molecule has 0 amide bonds. The van der Waals surface area contributed by atoms with Crippen LogP contribution in [0.3, 0.4) is 0 Å². The van der Waals surface area contributed by atoms with Crippen molar-refractivity contribution in [2.45, 2.75) is 44.8 Å². The summed E-state index contributed by atoms with van der Waals surface area (Å²) in [4.78, 5) is 23.8. The van der Waals surface area contributed by atoms with Crippen LogP contribution in [-0.2, 0) is 23.5 Å². The molecule has 2 aromatic carbocycles. The first-order valence-corrected chi connectivity index (χ1v) is 12.2. The van der Waals surface area contributed by atoms with E-state index < -0.39 is 14.4 Å². The van der Waals surface area contributed by atoms with E-state index in [9.17, 15) is 9.59 Å². The van der Waals surface area contributed by atoms with E-state index in [1.165, 1.54) is 7.11 Å². The van der Waals surface area contributed by atoms with Crippen LogP contribution >= 0.6 is 0 Å². The average molecular weight is 427 g/mol. The summed E-state index contributed by atoms with van der Waals surface area (Å²) in [5.74, 6) is -0.864. The Morgan fingerprint density at radius 1 is 1.03 bits per heavy atom. The maximum atomic E-state index is 12.0. The zero-order valence-corrected chi connectivity index (χ0v) is 19.1. The summed E-state index contributed by atoms with van der Waals surface area (Å²) in [6.45, 7) is 6.85. The maximum absolute atomic E-state index is 12.0. The fourth-order valence-electron chi connectivity index (χ4n) is 4.30. The van der Waals surface area contributed by atoms with Crippen molar-refractivity contribution < 1.29 is 23.5 Å². The topological polar surface area (TPSA) is 61.8 Å². The fourth-order valence-corrected chi connectivity index (χ4v) is 8.87. The Kier molecular flexibility index (Phi) is 6.78. The molecule has 1 aliphatic heterocycles. The summed E-state index contributed by atoms with van der Waals surface area (Å²) in [6, 6.07) is 20.6. The Balaban J connectivity index is 1.97. The predicted octanol–water partition coefficient (Wildman–Crippen LogP) is 3.06. The van der Waals surface area contributed by atoms with E-state index in [-0.39, 0.29) is 42.3 Å².